The average Bonchev–Trinajstić information content (AvgIpc) is 2.56. The minimum Gasteiger partial charge on any atom is -0.324 e. The van der Waals surface area contributed by atoms with E-state index in [0.29, 0.717) is 11.3 Å². The molecule has 0 spiro atoms. The minimum absolute atomic E-state index is 0.0605. The van der Waals surface area contributed by atoms with Crippen molar-refractivity contribution in [2.75, 3.05) is 12.4 Å². The molecule has 0 aliphatic carbocycles. The van der Waals surface area contributed by atoms with Crippen LogP contribution in [0.3, 0.4) is 0 Å². The van der Waals surface area contributed by atoms with E-state index in [0.717, 1.165) is 15.9 Å². The predicted molar refractivity (Wildman–Crippen MR) is 94.0 cm³/mol. The summed E-state index contributed by atoms with van der Waals surface area (Å²) in [6, 6.07) is 16.9. The van der Waals surface area contributed by atoms with Crippen LogP contribution in [0.2, 0.25) is 0 Å². The van der Waals surface area contributed by atoms with Crippen LogP contribution in [-0.4, -0.2) is 19.0 Å². The van der Waals surface area contributed by atoms with Crippen molar-refractivity contribution in [3.63, 3.8) is 0 Å². The van der Waals surface area contributed by atoms with Crippen LogP contribution in [0.1, 0.15) is 18.1 Å². The maximum absolute atomic E-state index is 12.4. The van der Waals surface area contributed by atoms with Gasteiger partial charge in [-0.1, -0.05) is 34.1 Å². The maximum atomic E-state index is 12.4. The number of carbonyl (C=O) groups is 1. The van der Waals surface area contributed by atoms with Crippen LogP contribution in [0.25, 0.3) is 0 Å². The Balaban J connectivity index is 1.98. The van der Waals surface area contributed by atoms with Crippen molar-refractivity contribution in [2.45, 2.75) is 19.5 Å². The van der Waals surface area contributed by atoms with Crippen molar-refractivity contribution in [1.29, 1.82) is 5.26 Å². The number of rotatable bonds is 5. The van der Waals surface area contributed by atoms with Gasteiger partial charge in [-0.05, 0) is 37.3 Å². The largest absolute Gasteiger partial charge is 0.324 e. The molecule has 23 heavy (non-hydrogen) atoms. The van der Waals surface area contributed by atoms with Gasteiger partial charge in [0.2, 0.25) is 0 Å². The Morgan fingerprint density at radius 2 is 2.00 bits per heavy atom. The number of hydrogen-bond donors (Lipinski definition) is 2. The van der Waals surface area contributed by atoms with Gasteiger partial charge in [-0.25, -0.2) is 0 Å². The first kappa shape index (κ1) is 17.2. The van der Waals surface area contributed by atoms with Gasteiger partial charge in [0, 0.05) is 15.7 Å². The number of halogens is 1. The molecule has 4 nitrogen and oxygen atoms in total. The molecule has 0 radical (unpaired) electrons. The molecule has 0 aliphatic heterocycles. The number of nitrogens with one attached hydrogen (secondary N) is 2. The highest BCUT2D eigenvalue weighted by atomic mass is 79.9. The van der Waals surface area contributed by atoms with Gasteiger partial charge in [0.25, 0.3) is 5.91 Å². The summed E-state index contributed by atoms with van der Waals surface area (Å²) in [5.41, 5.74) is 2.36. The Hall–Kier alpha value is -2.16. The molecule has 0 aliphatic rings. The van der Waals surface area contributed by atoms with Crippen molar-refractivity contribution in [3.8, 4) is 6.07 Å². The van der Waals surface area contributed by atoms with E-state index in [9.17, 15) is 4.79 Å². The number of hydrogen-bond acceptors (Lipinski definition) is 2. The fraction of sp³-hybridized carbons (Fsp3) is 0.222. The lowest BCUT2D eigenvalue weighted by atomic mass is 10.1. The second kappa shape index (κ2) is 7.91. The fourth-order valence-electron chi connectivity index (χ4n) is 2.22. The van der Waals surface area contributed by atoms with Crippen LogP contribution in [0.15, 0.2) is 53.0 Å². The van der Waals surface area contributed by atoms with Crippen molar-refractivity contribution in [2.24, 2.45) is 0 Å². The molecule has 2 rings (SSSR count). The Morgan fingerprint density at radius 3 is 2.65 bits per heavy atom. The zero-order valence-corrected chi connectivity index (χ0v) is 14.7. The number of nitrogens with zero attached hydrogens (tertiary/aromatic N) is 1. The summed E-state index contributed by atoms with van der Waals surface area (Å²) in [6.07, 6.45) is 0. The molecular formula is C18H19BrN3O+. The molecule has 2 aromatic carbocycles. The Bertz CT molecular complexity index is 722. The molecule has 0 aromatic heterocycles. The fourth-order valence-corrected chi connectivity index (χ4v) is 2.48. The number of amides is 1. The molecule has 0 saturated heterocycles. The third-order valence-corrected chi connectivity index (χ3v) is 4.32. The van der Waals surface area contributed by atoms with E-state index < -0.39 is 0 Å². The van der Waals surface area contributed by atoms with Crippen molar-refractivity contribution in [3.05, 3.63) is 64.1 Å². The lowest BCUT2D eigenvalue weighted by molar-refractivity contribution is -0.907. The normalized spacial score (nSPS) is 13.0. The molecule has 2 aromatic rings. The van der Waals surface area contributed by atoms with E-state index in [4.69, 9.17) is 5.26 Å². The second-order valence-electron chi connectivity index (χ2n) is 5.55. The van der Waals surface area contributed by atoms with Crippen LogP contribution >= 0.6 is 15.9 Å². The molecule has 5 heteroatoms. The summed E-state index contributed by atoms with van der Waals surface area (Å²) < 4.78 is 1.04. The first-order valence-corrected chi connectivity index (χ1v) is 8.16. The van der Waals surface area contributed by atoms with Gasteiger partial charge in [0.1, 0.15) is 6.54 Å². The highest BCUT2D eigenvalue weighted by molar-refractivity contribution is 9.10. The van der Waals surface area contributed by atoms with Crippen LogP contribution in [0.4, 0.5) is 5.69 Å². The zero-order valence-electron chi connectivity index (χ0n) is 13.1. The predicted octanol–water partition coefficient (Wildman–Crippen LogP) is 2.36. The molecule has 0 fully saturated rings. The number of anilines is 1. The van der Waals surface area contributed by atoms with Crippen LogP contribution < -0.4 is 10.2 Å². The number of benzene rings is 2. The smallest absolute Gasteiger partial charge is 0.282 e. The van der Waals surface area contributed by atoms with Crippen LogP contribution in [-0.2, 0) is 11.3 Å². The van der Waals surface area contributed by atoms with Crippen molar-refractivity contribution >= 4 is 27.5 Å². The van der Waals surface area contributed by atoms with Gasteiger partial charge in [-0.3, -0.25) is 4.79 Å². The molecule has 0 bridgehead atoms. The summed E-state index contributed by atoms with van der Waals surface area (Å²) in [4.78, 5) is 13.5. The first-order chi connectivity index (χ1) is 11.0. The quantitative estimate of drug-likeness (QED) is 0.846. The standard InChI is InChI=1S/C18H18BrN3O/c1-13(22(2)12-14-6-8-16(19)9-7-14)18(23)21-17-5-3-4-15(10-17)11-20/h3-10,13H,12H2,1-2H3,(H,21,23)/p+1/t13-/m1/s1. The van der Waals surface area contributed by atoms with E-state index >= 15 is 0 Å². The zero-order chi connectivity index (χ0) is 16.8. The van der Waals surface area contributed by atoms with E-state index in [1.165, 1.54) is 5.56 Å². The van der Waals surface area contributed by atoms with Gasteiger partial charge in [0.15, 0.2) is 6.04 Å². The topological polar surface area (TPSA) is 57.3 Å². The molecule has 118 valence electrons. The molecule has 1 amide bonds. The molecule has 0 heterocycles. The summed E-state index contributed by atoms with van der Waals surface area (Å²) in [7, 11) is 2.00. The average molecular weight is 373 g/mol. The van der Waals surface area contributed by atoms with Gasteiger partial charge >= 0.3 is 0 Å². The number of quaternary nitrogens is 1. The maximum Gasteiger partial charge on any atom is 0.282 e. The third-order valence-electron chi connectivity index (χ3n) is 3.79. The highest BCUT2D eigenvalue weighted by Gasteiger charge is 2.22. The monoisotopic (exact) mass is 372 g/mol. The van der Waals surface area contributed by atoms with E-state index in [2.05, 4.69) is 39.4 Å². The Morgan fingerprint density at radius 1 is 1.30 bits per heavy atom. The highest BCUT2D eigenvalue weighted by Crippen LogP contribution is 2.11. The van der Waals surface area contributed by atoms with Crippen molar-refractivity contribution in [1.82, 2.24) is 0 Å². The van der Waals surface area contributed by atoms with E-state index in [1.54, 1.807) is 24.3 Å². The Labute approximate surface area is 144 Å². The molecule has 1 unspecified atom stereocenters. The number of likely N-dealkylation sites (N-methyl/N-ethyl adjacent to an activating group) is 1. The van der Waals surface area contributed by atoms with Gasteiger partial charge in [-0.15, -0.1) is 0 Å². The number of nitriles is 1. The number of carbonyl (C=O) groups excluding carboxylic acids is 1. The SMILES string of the molecule is C[C@H](C(=O)Nc1cccc(C#N)c1)[NH+](C)Cc1ccc(Br)cc1. The lowest BCUT2D eigenvalue weighted by Gasteiger charge is -2.21. The summed E-state index contributed by atoms with van der Waals surface area (Å²) >= 11 is 3.42. The molecular weight excluding hydrogens is 354 g/mol. The van der Waals surface area contributed by atoms with Gasteiger partial charge in [0.05, 0.1) is 18.7 Å². The van der Waals surface area contributed by atoms with E-state index in [-0.39, 0.29) is 11.9 Å². The summed E-state index contributed by atoms with van der Waals surface area (Å²) in [5.74, 6) is -0.0605. The minimum atomic E-state index is -0.204. The van der Waals surface area contributed by atoms with Gasteiger partial charge in [-0.2, -0.15) is 5.26 Å². The lowest BCUT2D eigenvalue weighted by Crippen LogP contribution is -3.12. The summed E-state index contributed by atoms with van der Waals surface area (Å²) in [5, 5.41) is 11.8. The first-order valence-electron chi connectivity index (χ1n) is 7.37. The molecule has 2 atom stereocenters. The van der Waals surface area contributed by atoms with Crippen LogP contribution in [0, 0.1) is 11.3 Å². The molecule has 0 saturated carbocycles. The summed E-state index contributed by atoms with van der Waals surface area (Å²) in [6.45, 7) is 2.66. The third kappa shape index (κ3) is 4.92. The van der Waals surface area contributed by atoms with Crippen LogP contribution in [0.5, 0.6) is 0 Å². The van der Waals surface area contributed by atoms with E-state index in [1.807, 2.05) is 26.1 Å². The van der Waals surface area contributed by atoms with Gasteiger partial charge < -0.3 is 10.2 Å². The Kier molecular flexibility index (Phi) is 5.91. The van der Waals surface area contributed by atoms with Crippen molar-refractivity contribution < 1.29 is 9.69 Å². The second-order valence-corrected chi connectivity index (χ2v) is 6.47. The molecule has 2 N–H and O–H groups in total.